The van der Waals surface area contributed by atoms with Crippen LogP contribution in [0.15, 0.2) is 10.8 Å². The molecule has 0 saturated heterocycles. The van der Waals surface area contributed by atoms with Gasteiger partial charge in [0.1, 0.15) is 10.8 Å². The lowest BCUT2D eigenvalue weighted by atomic mass is 10.2. The summed E-state index contributed by atoms with van der Waals surface area (Å²) in [5.41, 5.74) is 0. The molecule has 0 aromatic rings. The molecule has 0 saturated carbocycles. The van der Waals surface area contributed by atoms with Gasteiger partial charge in [0.05, 0.1) is 0 Å². The highest BCUT2D eigenvalue weighted by molar-refractivity contribution is 6.70. The van der Waals surface area contributed by atoms with E-state index in [1.807, 2.05) is 6.92 Å². The summed E-state index contributed by atoms with van der Waals surface area (Å²) in [6.07, 6.45) is 1.10. The first kappa shape index (κ1) is 13.7. The van der Waals surface area contributed by atoms with E-state index < -0.39 is 8.32 Å². The van der Waals surface area contributed by atoms with E-state index in [0.29, 0.717) is 18.6 Å². The van der Waals surface area contributed by atoms with Crippen molar-refractivity contribution in [3.63, 3.8) is 0 Å². The minimum Gasteiger partial charge on any atom is -0.546 e. The third-order valence-corrected chi connectivity index (χ3v) is 2.84. The van der Waals surface area contributed by atoms with E-state index in [1.165, 1.54) is 0 Å². The summed E-state index contributed by atoms with van der Waals surface area (Å²) in [7, 11) is -1.66. The van der Waals surface area contributed by atoms with Crippen LogP contribution in [0.1, 0.15) is 26.7 Å². The van der Waals surface area contributed by atoms with Crippen LogP contribution in [0, 0.1) is 0 Å². The van der Waals surface area contributed by atoms with Crippen molar-refractivity contribution in [1.29, 1.82) is 0 Å². The Hall–Kier alpha value is -0.283. The molecule has 14 heavy (non-hydrogen) atoms. The molecule has 0 atom stereocenters. The molecule has 0 spiro atoms. The predicted octanol–water partition coefficient (Wildman–Crippen LogP) is 3.68. The summed E-state index contributed by atoms with van der Waals surface area (Å²) in [5, 5.41) is 0.275. The lowest BCUT2D eigenvalue weighted by Gasteiger charge is -2.21. The van der Waals surface area contributed by atoms with Crippen LogP contribution in [-0.4, -0.2) is 14.1 Å². The maximum atomic E-state index is 11.3. The van der Waals surface area contributed by atoms with Crippen LogP contribution < -0.4 is 0 Å². The Bertz CT molecular complexity index is 241. The molecule has 0 rings (SSSR count). The molecule has 0 bridgehead atoms. The average Bonchev–Trinajstić information content (AvgIpc) is 2.10. The molecule has 0 aliphatic carbocycles. The van der Waals surface area contributed by atoms with Crippen LogP contribution in [0.25, 0.3) is 0 Å². The Kier molecular flexibility index (Phi) is 5.45. The van der Waals surface area contributed by atoms with Crippen LogP contribution in [0.2, 0.25) is 19.6 Å². The van der Waals surface area contributed by atoms with Gasteiger partial charge in [0.2, 0.25) is 8.32 Å². The first-order chi connectivity index (χ1) is 6.31. The van der Waals surface area contributed by atoms with Gasteiger partial charge in [-0.1, -0.05) is 25.4 Å². The summed E-state index contributed by atoms with van der Waals surface area (Å²) in [6.45, 7) is 9.96. The molecule has 0 amide bonds. The van der Waals surface area contributed by atoms with Gasteiger partial charge in [-0.25, -0.2) is 0 Å². The van der Waals surface area contributed by atoms with Gasteiger partial charge in [0.25, 0.3) is 0 Å². The molecular weight excluding hydrogens is 216 g/mol. The van der Waals surface area contributed by atoms with E-state index in [9.17, 15) is 4.79 Å². The SMILES string of the molecule is CCC(=O)/C(Cl)=C(\CC)O[Si](C)(C)C. The highest BCUT2D eigenvalue weighted by Gasteiger charge is 2.20. The van der Waals surface area contributed by atoms with Crippen LogP contribution >= 0.6 is 11.6 Å². The van der Waals surface area contributed by atoms with Crippen LogP contribution in [-0.2, 0) is 9.22 Å². The topological polar surface area (TPSA) is 26.3 Å². The molecule has 0 aliphatic heterocycles. The highest BCUT2D eigenvalue weighted by Crippen LogP contribution is 2.21. The fourth-order valence-electron chi connectivity index (χ4n) is 0.952. The van der Waals surface area contributed by atoms with Crippen molar-refractivity contribution in [1.82, 2.24) is 0 Å². The van der Waals surface area contributed by atoms with Crippen molar-refractivity contribution in [3.8, 4) is 0 Å². The van der Waals surface area contributed by atoms with Gasteiger partial charge in [-0.2, -0.15) is 0 Å². The Morgan fingerprint density at radius 2 is 1.71 bits per heavy atom. The Labute approximate surface area is 92.4 Å². The molecule has 0 radical (unpaired) electrons. The smallest absolute Gasteiger partial charge is 0.241 e. The van der Waals surface area contributed by atoms with E-state index >= 15 is 0 Å². The predicted molar refractivity (Wildman–Crippen MR) is 62.9 cm³/mol. The minimum atomic E-state index is -1.66. The maximum Gasteiger partial charge on any atom is 0.241 e. The van der Waals surface area contributed by atoms with Gasteiger partial charge >= 0.3 is 0 Å². The molecule has 82 valence electrons. The number of allylic oxidation sites excluding steroid dienone is 2. The number of carbonyl (C=O) groups excluding carboxylic acids is 1. The van der Waals surface area contributed by atoms with E-state index in [2.05, 4.69) is 19.6 Å². The molecule has 0 aromatic carbocycles. The standard InChI is InChI=1S/C10H19ClO2Si/c1-6-8(12)10(11)9(7-2)13-14(3,4)5/h6-7H2,1-5H3/b10-9-. The minimum absolute atomic E-state index is 0.0400. The fourth-order valence-corrected chi connectivity index (χ4v) is 2.31. The summed E-state index contributed by atoms with van der Waals surface area (Å²) < 4.78 is 5.74. The van der Waals surface area contributed by atoms with E-state index in [1.54, 1.807) is 6.92 Å². The normalized spacial score (nSPS) is 13.6. The number of ketones is 1. The molecule has 0 fully saturated rings. The third-order valence-electron chi connectivity index (χ3n) is 1.56. The number of Topliss-reactive ketones (excluding diaryl/α,β-unsaturated/α-hetero) is 1. The largest absolute Gasteiger partial charge is 0.546 e. The third kappa shape index (κ3) is 4.82. The number of rotatable bonds is 5. The quantitative estimate of drug-likeness (QED) is 0.412. The molecule has 4 heteroatoms. The zero-order valence-electron chi connectivity index (χ0n) is 9.61. The van der Waals surface area contributed by atoms with Crippen molar-refractivity contribution in [2.45, 2.75) is 46.3 Å². The van der Waals surface area contributed by atoms with Crippen molar-refractivity contribution in [2.24, 2.45) is 0 Å². The van der Waals surface area contributed by atoms with Crippen LogP contribution in [0.4, 0.5) is 0 Å². The monoisotopic (exact) mass is 234 g/mol. The fraction of sp³-hybridized carbons (Fsp3) is 0.700. The van der Waals surface area contributed by atoms with Gasteiger partial charge < -0.3 is 4.43 Å². The first-order valence-electron chi connectivity index (χ1n) is 4.92. The first-order valence-corrected chi connectivity index (χ1v) is 8.71. The Balaban J connectivity index is 4.77. The summed E-state index contributed by atoms with van der Waals surface area (Å²) in [4.78, 5) is 11.3. The van der Waals surface area contributed by atoms with Crippen molar-refractivity contribution in [3.05, 3.63) is 10.8 Å². The number of hydrogen-bond donors (Lipinski definition) is 0. The molecule has 0 unspecified atom stereocenters. The molecule has 0 aliphatic rings. The molecule has 2 nitrogen and oxygen atoms in total. The van der Waals surface area contributed by atoms with Gasteiger partial charge in [-0.15, -0.1) is 0 Å². The average molecular weight is 235 g/mol. The maximum absolute atomic E-state index is 11.3. The van der Waals surface area contributed by atoms with E-state index in [4.69, 9.17) is 16.0 Å². The van der Waals surface area contributed by atoms with Crippen molar-refractivity contribution < 1.29 is 9.22 Å². The number of halogens is 1. The lowest BCUT2D eigenvalue weighted by molar-refractivity contribution is -0.114. The highest BCUT2D eigenvalue weighted by atomic mass is 35.5. The summed E-state index contributed by atoms with van der Waals surface area (Å²) in [6, 6.07) is 0. The zero-order valence-corrected chi connectivity index (χ0v) is 11.4. The molecule has 0 N–H and O–H groups in total. The van der Waals surface area contributed by atoms with Crippen LogP contribution in [0.3, 0.4) is 0 Å². The Morgan fingerprint density at radius 1 is 1.21 bits per heavy atom. The second-order valence-corrected chi connectivity index (χ2v) is 8.89. The van der Waals surface area contributed by atoms with E-state index in [-0.39, 0.29) is 10.8 Å². The second-order valence-electron chi connectivity index (χ2n) is 4.08. The van der Waals surface area contributed by atoms with Gasteiger partial charge in [0.15, 0.2) is 5.78 Å². The lowest BCUT2D eigenvalue weighted by Crippen LogP contribution is -2.25. The van der Waals surface area contributed by atoms with Crippen molar-refractivity contribution in [2.75, 3.05) is 0 Å². The van der Waals surface area contributed by atoms with Crippen molar-refractivity contribution >= 4 is 25.7 Å². The van der Waals surface area contributed by atoms with Gasteiger partial charge in [-0.3, -0.25) is 4.79 Å². The summed E-state index contributed by atoms with van der Waals surface area (Å²) >= 11 is 5.93. The zero-order chi connectivity index (χ0) is 11.4. The summed E-state index contributed by atoms with van der Waals surface area (Å²) in [5.74, 6) is 0.611. The number of carbonyl (C=O) groups is 1. The van der Waals surface area contributed by atoms with Gasteiger partial charge in [0, 0.05) is 12.8 Å². The van der Waals surface area contributed by atoms with Crippen LogP contribution in [0.5, 0.6) is 0 Å². The molecule has 0 aromatic heterocycles. The molecule has 0 heterocycles. The number of hydrogen-bond acceptors (Lipinski definition) is 2. The van der Waals surface area contributed by atoms with E-state index in [0.717, 1.165) is 0 Å². The molecular formula is C10H19ClO2Si. The van der Waals surface area contributed by atoms with Gasteiger partial charge in [-0.05, 0) is 19.6 Å². The Morgan fingerprint density at radius 3 is 2.00 bits per heavy atom. The second kappa shape index (κ2) is 5.56.